The van der Waals surface area contributed by atoms with Gasteiger partial charge in [0.2, 0.25) is 0 Å². The van der Waals surface area contributed by atoms with Gasteiger partial charge < -0.3 is 9.94 Å². The smallest absolute Gasteiger partial charge is 0.358 e. The number of carbonyl (C=O) groups is 1. The fraction of sp³-hybridized carbons (Fsp3) is 0.200. The van der Waals surface area contributed by atoms with Crippen molar-refractivity contribution in [3.63, 3.8) is 0 Å². The molecule has 1 aliphatic rings. The first kappa shape index (κ1) is 15.5. The van der Waals surface area contributed by atoms with Crippen LogP contribution >= 0.6 is 22.9 Å². The number of hydrogen-bond acceptors (Lipinski definition) is 4. The van der Waals surface area contributed by atoms with E-state index >= 15 is 0 Å². The quantitative estimate of drug-likeness (QED) is 0.890. The highest BCUT2D eigenvalue weighted by Gasteiger charge is 2.22. The van der Waals surface area contributed by atoms with E-state index in [0.717, 1.165) is 20.3 Å². The second-order valence-corrected chi connectivity index (χ2v) is 5.71. The molecular formula is C15H14ClNO3S. The van der Waals surface area contributed by atoms with Gasteiger partial charge in [-0.2, -0.15) is 0 Å². The lowest BCUT2D eigenvalue weighted by atomic mass is 9.99. The van der Waals surface area contributed by atoms with Crippen LogP contribution in [0.3, 0.4) is 0 Å². The van der Waals surface area contributed by atoms with Gasteiger partial charge in [0.05, 0.1) is 4.34 Å². The summed E-state index contributed by atoms with van der Waals surface area (Å²) in [5, 5.41) is 12.6. The number of halogens is 1. The van der Waals surface area contributed by atoms with Crippen LogP contribution < -0.4 is 0 Å². The standard InChI is InChI=1S/C13H8ClNO3S.C2H6/c14-11-4-3-10(19-11)7-1-2-9-8(5-7)6-18-15-12(9)13(16)17;1-2/h1-5H,6H2,(H,16,17);1-2H3. The van der Waals surface area contributed by atoms with Gasteiger partial charge in [-0.15, -0.1) is 11.3 Å². The van der Waals surface area contributed by atoms with Gasteiger partial charge in [-0.3, -0.25) is 0 Å². The molecule has 0 unspecified atom stereocenters. The lowest BCUT2D eigenvalue weighted by Crippen LogP contribution is -2.20. The molecule has 0 saturated heterocycles. The van der Waals surface area contributed by atoms with E-state index in [0.29, 0.717) is 5.56 Å². The molecule has 1 aromatic heterocycles. The monoisotopic (exact) mass is 323 g/mol. The summed E-state index contributed by atoms with van der Waals surface area (Å²) in [5.41, 5.74) is 2.35. The van der Waals surface area contributed by atoms with E-state index in [4.69, 9.17) is 21.5 Å². The van der Waals surface area contributed by atoms with Crippen molar-refractivity contribution in [2.45, 2.75) is 20.5 Å². The molecule has 1 aliphatic heterocycles. The van der Waals surface area contributed by atoms with Crippen molar-refractivity contribution < 1.29 is 14.7 Å². The minimum Gasteiger partial charge on any atom is -0.476 e. The Morgan fingerprint density at radius 2 is 2.10 bits per heavy atom. The first-order chi connectivity index (χ1) is 10.1. The van der Waals surface area contributed by atoms with Crippen LogP contribution in [0.15, 0.2) is 35.5 Å². The Balaban J connectivity index is 0.000000774. The summed E-state index contributed by atoms with van der Waals surface area (Å²) in [5.74, 6) is -1.09. The SMILES string of the molecule is CC.O=C(O)C1=NOCc2cc(-c3ccc(Cl)s3)ccc21. The number of benzene rings is 1. The van der Waals surface area contributed by atoms with Crippen LogP contribution in [0.5, 0.6) is 0 Å². The highest BCUT2D eigenvalue weighted by Crippen LogP contribution is 2.32. The zero-order chi connectivity index (χ0) is 15.4. The molecule has 110 valence electrons. The van der Waals surface area contributed by atoms with Gasteiger partial charge in [0.15, 0.2) is 5.71 Å². The average molecular weight is 324 g/mol. The number of hydrogen-bond donors (Lipinski definition) is 1. The van der Waals surface area contributed by atoms with Crippen molar-refractivity contribution >= 4 is 34.6 Å². The van der Waals surface area contributed by atoms with Crippen LogP contribution in [0.1, 0.15) is 25.0 Å². The van der Waals surface area contributed by atoms with E-state index in [9.17, 15) is 4.79 Å². The van der Waals surface area contributed by atoms with Gasteiger partial charge in [0, 0.05) is 16.0 Å². The van der Waals surface area contributed by atoms with Gasteiger partial charge >= 0.3 is 5.97 Å². The summed E-state index contributed by atoms with van der Waals surface area (Å²) in [7, 11) is 0. The molecule has 1 N–H and O–H groups in total. The molecule has 21 heavy (non-hydrogen) atoms. The number of fused-ring (bicyclic) bond motifs is 1. The Kier molecular flexibility index (Phi) is 4.98. The fourth-order valence-electron chi connectivity index (χ4n) is 1.94. The Bertz CT molecular complexity index is 694. The van der Waals surface area contributed by atoms with Crippen LogP contribution in [0.2, 0.25) is 4.34 Å². The normalized spacial score (nSPS) is 12.4. The van der Waals surface area contributed by atoms with Crippen molar-refractivity contribution in [3.05, 3.63) is 45.8 Å². The molecular weight excluding hydrogens is 310 g/mol. The molecule has 1 aromatic carbocycles. The molecule has 0 bridgehead atoms. The van der Waals surface area contributed by atoms with E-state index in [2.05, 4.69) is 5.16 Å². The van der Waals surface area contributed by atoms with Crippen LogP contribution in [-0.4, -0.2) is 16.8 Å². The number of nitrogens with zero attached hydrogens (tertiary/aromatic N) is 1. The summed E-state index contributed by atoms with van der Waals surface area (Å²) in [6.07, 6.45) is 0. The minimum atomic E-state index is -1.09. The Morgan fingerprint density at radius 1 is 1.33 bits per heavy atom. The topological polar surface area (TPSA) is 58.9 Å². The summed E-state index contributed by atoms with van der Waals surface area (Å²) < 4.78 is 0.719. The molecule has 0 spiro atoms. The van der Waals surface area contributed by atoms with Gasteiger partial charge in [-0.05, 0) is 23.8 Å². The van der Waals surface area contributed by atoms with Gasteiger partial charge in [0.1, 0.15) is 6.61 Å². The van der Waals surface area contributed by atoms with Crippen LogP contribution in [-0.2, 0) is 16.2 Å². The number of carboxylic acids is 1. The first-order valence-electron chi connectivity index (χ1n) is 6.47. The van der Waals surface area contributed by atoms with Crippen molar-refractivity contribution in [2.24, 2.45) is 5.16 Å². The van der Waals surface area contributed by atoms with Crippen molar-refractivity contribution in [2.75, 3.05) is 0 Å². The molecule has 0 saturated carbocycles. The summed E-state index contributed by atoms with van der Waals surface area (Å²) >= 11 is 7.39. The molecule has 0 amide bonds. The van der Waals surface area contributed by atoms with Crippen LogP contribution in [0, 0.1) is 0 Å². The zero-order valence-electron chi connectivity index (χ0n) is 11.6. The number of thiophene rings is 1. The van der Waals surface area contributed by atoms with Gasteiger partial charge in [-0.1, -0.05) is 42.7 Å². The summed E-state index contributed by atoms with van der Waals surface area (Å²) in [6, 6.07) is 9.31. The maximum absolute atomic E-state index is 11.0. The fourth-order valence-corrected chi connectivity index (χ4v) is 2.98. The second kappa shape index (κ2) is 6.74. The summed E-state index contributed by atoms with van der Waals surface area (Å²) in [4.78, 5) is 17.0. The molecule has 4 nitrogen and oxygen atoms in total. The third-order valence-corrected chi connectivity index (χ3v) is 4.08. The number of rotatable bonds is 2. The second-order valence-electron chi connectivity index (χ2n) is 3.99. The predicted octanol–water partition coefficient (Wildman–Crippen LogP) is 4.41. The van der Waals surface area contributed by atoms with E-state index in [-0.39, 0.29) is 12.3 Å². The molecule has 0 fully saturated rings. The molecule has 2 aromatic rings. The number of aliphatic carboxylic acids is 1. The maximum Gasteiger partial charge on any atom is 0.358 e. The van der Waals surface area contributed by atoms with Crippen LogP contribution in [0.25, 0.3) is 10.4 Å². The molecule has 3 rings (SSSR count). The molecule has 6 heteroatoms. The Hall–Kier alpha value is -1.85. The highest BCUT2D eigenvalue weighted by molar-refractivity contribution is 7.19. The predicted molar refractivity (Wildman–Crippen MR) is 85.1 cm³/mol. The molecule has 0 radical (unpaired) electrons. The molecule has 0 aliphatic carbocycles. The third kappa shape index (κ3) is 3.25. The average Bonchev–Trinajstić information content (AvgIpc) is 2.94. The van der Waals surface area contributed by atoms with Gasteiger partial charge in [0.25, 0.3) is 0 Å². The van der Waals surface area contributed by atoms with E-state index < -0.39 is 5.97 Å². The largest absolute Gasteiger partial charge is 0.476 e. The lowest BCUT2D eigenvalue weighted by Gasteiger charge is -2.14. The molecule has 2 heterocycles. The van der Waals surface area contributed by atoms with Crippen molar-refractivity contribution in [3.8, 4) is 10.4 Å². The van der Waals surface area contributed by atoms with Crippen molar-refractivity contribution in [1.29, 1.82) is 0 Å². The number of oxime groups is 1. The third-order valence-electron chi connectivity index (χ3n) is 2.80. The van der Waals surface area contributed by atoms with Gasteiger partial charge in [-0.25, -0.2) is 4.79 Å². The minimum absolute atomic E-state index is 0.0583. The first-order valence-corrected chi connectivity index (χ1v) is 7.67. The van der Waals surface area contributed by atoms with Crippen molar-refractivity contribution in [1.82, 2.24) is 0 Å². The summed E-state index contributed by atoms with van der Waals surface area (Å²) in [6.45, 7) is 4.28. The lowest BCUT2D eigenvalue weighted by molar-refractivity contribution is -0.129. The Morgan fingerprint density at radius 3 is 2.71 bits per heavy atom. The maximum atomic E-state index is 11.0. The number of carboxylic acid groups (broad SMARTS) is 1. The molecule has 0 atom stereocenters. The Labute approximate surface area is 131 Å². The zero-order valence-corrected chi connectivity index (χ0v) is 13.2. The van der Waals surface area contributed by atoms with Crippen LogP contribution in [0.4, 0.5) is 0 Å². The van der Waals surface area contributed by atoms with E-state index in [1.54, 1.807) is 6.07 Å². The highest BCUT2D eigenvalue weighted by atomic mass is 35.5. The van der Waals surface area contributed by atoms with E-state index in [1.165, 1.54) is 11.3 Å². The van der Waals surface area contributed by atoms with E-state index in [1.807, 2.05) is 38.1 Å².